The zero-order valence-electron chi connectivity index (χ0n) is 12.3. The van der Waals surface area contributed by atoms with Crippen LogP contribution in [0.1, 0.15) is 11.1 Å². The zero-order chi connectivity index (χ0) is 14.4. The molecule has 3 aromatic rings. The summed E-state index contributed by atoms with van der Waals surface area (Å²) in [6.45, 7) is 1.92. The summed E-state index contributed by atoms with van der Waals surface area (Å²) in [6.07, 6.45) is 0. The maximum absolute atomic E-state index is 5.38. The average Bonchev–Trinajstić information content (AvgIpc) is 2.78. The summed E-state index contributed by atoms with van der Waals surface area (Å²) >= 11 is 0. The Morgan fingerprint density at radius 3 is 2.81 bits per heavy atom. The normalized spacial score (nSPS) is 14.6. The number of nitrogens with zero attached hydrogens (tertiary/aromatic N) is 1. The third kappa shape index (κ3) is 1.93. The Morgan fingerprint density at radius 1 is 1.10 bits per heavy atom. The van der Waals surface area contributed by atoms with Crippen molar-refractivity contribution in [3.8, 4) is 17.0 Å². The van der Waals surface area contributed by atoms with Crippen LogP contribution in [0.3, 0.4) is 0 Å². The molecule has 0 bridgehead atoms. The van der Waals surface area contributed by atoms with Gasteiger partial charge in [-0.1, -0.05) is 24.3 Å². The third-order valence-electron chi connectivity index (χ3n) is 4.27. The molecular formula is C18H18N2O. The number of methoxy groups -OCH3 is 1. The highest BCUT2D eigenvalue weighted by molar-refractivity contribution is 5.92. The van der Waals surface area contributed by atoms with Gasteiger partial charge in [0.25, 0.3) is 0 Å². The van der Waals surface area contributed by atoms with Crippen molar-refractivity contribution >= 4 is 10.9 Å². The van der Waals surface area contributed by atoms with E-state index in [0.29, 0.717) is 0 Å². The molecule has 3 nitrogen and oxygen atoms in total. The molecule has 0 radical (unpaired) electrons. The van der Waals surface area contributed by atoms with Gasteiger partial charge >= 0.3 is 0 Å². The van der Waals surface area contributed by atoms with Gasteiger partial charge in [0.05, 0.1) is 12.8 Å². The Balaban J connectivity index is 2.03. The summed E-state index contributed by atoms with van der Waals surface area (Å²) in [6, 6.07) is 14.9. The second kappa shape index (κ2) is 4.64. The van der Waals surface area contributed by atoms with Crippen molar-refractivity contribution in [2.45, 2.75) is 13.1 Å². The number of benzene rings is 2. The molecule has 0 saturated heterocycles. The van der Waals surface area contributed by atoms with Crippen molar-refractivity contribution in [2.75, 3.05) is 14.2 Å². The van der Waals surface area contributed by atoms with Gasteiger partial charge in [-0.3, -0.25) is 4.90 Å². The SMILES string of the molecule is COc1ccc2[nH]c3c(c2c1)CN(C)Cc1ccccc1-3. The smallest absolute Gasteiger partial charge is 0.119 e. The van der Waals surface area contributed by atoms with Crippen molar-refractivity contribution in [3.05, 3.63) is 53.6 Å². The molecule has 1 aliphatic rings. The van der Waals surface area contributed by atoms with Gasteiger partial charge in [-0.15, -0.1) is 0 Å². The largest absolute Gasteiger partial charge is 0.497 e. The van der Waals surface area contributed by atoms with E-state index in [1.165, 1.54) is 33.3 Å². The molecule has 3 heteroatoms. The van der Waals surface area contributed by atoms with Crippen LogP contribution in [0.15, 0.2) is 42.5 Å². The van der Waals surface area contributed by atoms with E-state index in [9.17, 15) is 0 Å². The molecule has 0 spiro atoms. The first-order valence-electron chi connectivity index (χ1n) is 7.21. The molecule has 0 fully saturated rings. The maximum atomic E-state index is 5.38. The van der Waals surface area contributed by atoms with E-state index < -0.39 is 0 Å². The predicted molar refractivity (Wildman–Crippen MR) is 85.5 cm³/mol. The van der Waals surface area contributed by atoms with Crippen LogP contribution in [0.25, 0.3) is 22.2 Å². The van der Waals surface area contributed by atoms with Crippen molar-refractivity contribution < 1.29 is 4.74 Å². The van der Waals surface area contributed by atoms with E-state index in [1.807, 2.05) is 6.07 Å². The lowest BCUT2D eigenvalue weighted by Gasteiger charge is -2.14. The van der Waals surface area contributed by atoms with Crippen LogP contribution in [0, 0.1) is 0 Å². The molecule has 2 aromatic carbocycles. The summed E-state index contributed by atoms with van der Waals surface area (Å²) in [5.74, 6) is 0.907. The molecule has 0 saturated carbocycles. The van der Waals surface area contributed by atoms with Gasteiger partial charge in [0.2, 0.25) is 0 Å². The fourth-order valence-electron chi connectivity index (χ4n) is 3.27. The van der Waals surface area contributed by atoms with Crippen molar-refractivity contribution in [1.82, 2.24) is 9.88 Å². The second-order valence-electron chi connectivity index (χ2n) is 5.72. The minimum atomic E-state index is 0.907. The fraction of sp³-hybridized carbons (Fsp3) is 0.222. The molecule has 106 valence electrons. The molecular weight excluding hydrogens is 260 g/mol. The molecule has 0 atom stereocenters. The quantitative estimate of drug-likeness (QED) is 0.733. The number of hydrogen-bond donors (Lipinski definition) is 1. The number of H-pyrrole nitrogens is 1. The molecule has 0 amide bonds. The van der Waals surface area contributed by atoms with Gasteiger partial charge in [0.15, 0.2) is 0 Å². The van der Waals surface area contributed by atoms with Crippen LogP contribution in [-0.4, -0.2) is 24.0 Å². The Labute approximate surface area is 124 Å². The highest BCUT2D eigenvalue weighted by Gasteiger charge is 2.21. The number of aromatic nitrogens is 1. The Morgan fingerprint density at radius 2 is 1.95 bits per heavy atom. The summed E-state index contributed by atoms with van der Waals surface area (Å²) in [5.41, 5.74) is 6.46. The third-order valence-corrected chi connectivity index (χ3v) is 4.27. The molecule has 21 heavy (non-hydrogen) atoms. The Bertz CT molecular complexity index is 819. The van der Waals surface area contributed by atoms with Crippen LogP contribution >= 0.6 is 0 Å². The summed E-state index contributed by atoms with van der Waals surface area (Å²) in [7, 11) is 3.89. The van der Waals surface area contributed by atoms with E-state index in [0.717, 1.165) is 18.8 Å². The lowest BCUT2D eigenvalue weighted by molar-refractivity contribution is 0.324. The van der Waals surface area contributed by atoms with E-state index in [4.69, 9.17) is 4.74 Å². The van der Waals surface area contributed by atoms with Gasteiger partial charge in [0.1, 0.15) is 5.75 Å². The van der Waals surface area contributed by atoms with Crippen LogP contribution in [-0.2, 0) is 13.1 Å². The Hall–Kier alpha value is -2.26. The number of aromatic amines is 1. The highest BCUT2D eigenvalue weighted by Crippen LogP contribution is 2.37. The van der Waals surface area contributed by atoms with Crippen molar-refractivity contribution in [2.24, 2.45) is 0 Å². The van der Waals surface area contributed by atoms with Crippen LogP contribution in [0.4, 0.5) is 0 Å². The van der Waals surface area contributed by atoms with E-state index in [2.05, 4.69) is 53.3 Å². The van der Waals surface area contributed by atoms with Gasteiger partial charge in [0, 0.05) is 29.6 Å². The van der Waals surface area contributed by atoms with Crippen LogP contribution in [0.2, 0.25) is 0 Å². The number of ether oxygens (including phenoxy) is 1. The highest BCUT2D eigenvalue weighted by atomic mass is 16.5. The Kier molecular flexibility index (Phi) is 2.76. The van der Waals surface area contributed by atoms with Gasteiger partial charge < -0.3 is 9.72 Å². The molecule has 2 heterocycles. The molecule has 0 unspecified atom stereocenters. The minimum absolute atomic E-state index is 0.907. The predicted octanol–water partition coefficient (Wildman–Crippen LogP) is 3.79. The molecule has 0 aliphatic carbocycles. The molecule has 1 aromatic heterocycles. The standard InChI is InChI=1S/C18H18N2O/c1-20-10-12-5-3-4-6-14(12)18-16(11-20)15-9-13(21-2)7-8-17(15)19-18/h3-9,19H,10-11H2,1-2H3. The first kappa shape index (κ1) is 12.5. The first-order valence-corrected chi connectivity index (χ1v) is 7.21. The second-order valence-corrected chi connectivity index (χ2v) is 5.72. The van der Waals surface area contributed by atoms with Gasteiger partial charge in [-0.05, 0) is 36.4 Å². The van der Waals surface area contributed by atoms with E-state index in [-0.39, 0.29) is 0 Å². The fourth-order valence-corrected chi connectivity index (χ4v) is 3.27. The number of fused-ring (bicyclic) bond motifs is 5. The molecule has 1 N–H and O–H groups in total. The summed E-state index contributed by atoms with van der Waals surface area (Å²) in [4.78, 5) is 5.96. The molecule has 1 aliphatic heterocycles. The lowest BCUT2D eigenvalue weighted by Crippen LogP contribution is -2.15. The van der Waals surface area contributed by atoms with E-state index >= 15 is 0 Å². The summed E-state index contributed by atoms with van der Waals surface area (Å²) < 4.78 is 5.38. The molecule has 4 rings (SSSR count). The maximum Gasteiger partial charge on any atom is 0.119 e. The minimum Gasteiger partial charge on any atom is -0.497 e. The topological polar surface area (TPSA) is 28.3 Å². The van der Waals surface area contributed by atoms with Gasteiger partial charge in [-0.25, -0.2) is 0 Å². The van der Waals surface area contributed by atoms with Crippen molar-refractivity contribution in [3.63, 3.8) is 0 Å². The monoisotopic (exact) mass is 278 g/mol. The van der Waals surface area contributed by atoms with Gasteiger partial charge in [-0.2, -0.15) is 0 Å². The van der Waals surface area contributed by atoms with Crippen molar-refractivity contribution in [1.29, 1.82) is 0 Å². The zero-order valence-corrected chi connectivity index (χ0v) is 12.3. The van der Waals surface area contributed by atoms with E-state index in [1.54, 1.807) is 7.11 Å². The first-order chi connectivity index (χ1) is 10.3. The van der Waals surface area contributed by atoms with Crippen LogP contribution < -0.4 is 4.74 Å². The number of rotatable bonds is 1. The lowest BCUT2D eigenvalue weighted by atomic mass is 10.0. The van der Waals surface area contributed by atoms with Crippen LogP contribution in [0.5, 0.6) is 5.75 Å². The summed E-state index contributed by atoms with van der Waals surface area (Å²) in [5, 5.41) is 1.26. The number of nitrogens with one attached hydrogen (secondary N) is 1. The average molecular weight is 278 g/mol. The number of hydrogen-bond acceptors (Lipinski definition) is 2.